The fraction of sp³-hybridized carbons (Fsp3) is 0.308. The van der Waals surface area contributed by atoms with E-state index in [4.69, 9.17) is 9.93 Å². The van der Waals surface area contributed by atoms with Gasteiger partial charge in [-0.05, 0) is 24.6 Å². The Bertz CT molecular complexity index is 637. The first-order valence-electron chi connectivity index (χ1n) is 6.05. The number of halogens is 1. The largest absolute Gasteiger partial charge is 0.352 e. The molecule has 2 heterocycles. The van der Waals surface area contributed by atoms with Crippen molar-refractivity contribution in [2.75, 3.05) is 6.54 Å². The average Bonchev–Trinajstić information content (AvgIpc) is 2.93. The topological polar surface area (TPSA) is 66.0 Å². The summed E-state index contributed by atoms with van der Waals surface area (Å²) in [6.45, 7) is 3.00. The lowest BCUT2D eigenvalue weighted by Crippen LogP contribution is -2.26. The molecule has 0 unspecified atom stereocenters. The molecular formula is C13H13FN4O. The van der Waals surface area contributed by atoms with Gasteiger partial charge in [0.2, 0.25) is 5.89 Å². The molecule has 6 heteroatoms. The zero-order valence-electron chi connectivity index (χ0n) is 10.5. The second-order valence-electron chi connectivity index (χ2n) is 4.56. The molecule has 0 bridgehead atoms. The van der Waals surface area contributed by atoms with E-state index < -0.39 is 0 Å². The normalized spacial score (nSPS) is 14.0. The maximum absolute atomic E-state index is 13.2. The van der Waals surface area contributed by atoms with Gasteiger partial charge in [-0.15, -0.1) is 0 Å². The Labute approximate surface area is 109 Å². The smallest absolute Gasteiger partial charge is 0.228 e. The Morgan fingerprint density at radius 1 is 1.47 bits per heavy atom. The summed E-state index contributed by atoms with van der Waals surface area (Å²) >= 11 is 0. The van der Waals surface area contributed by atoms with Crippen LogP contribution in [0.15, 0.2) is 22.7 Å². The summed E-state index contributed by atoms with van der Waals surface area (Å²) in [7, 11) is 0. The summed E-state index contributed by atoms with van der Waals surface area (Å²) in [4.78, 5) is 6.00. The highest BCUT2D eigenvalue weighted by atomic mass is 19.1. The van der Waals surface area contributed by atoms with Crippen LogP contribution in [0.4, 0.5) is 4.39 Å². The quantitative estimate of drug-likeness (QED) is 0.915. The number of nitrogens with zero attached hydrogens (tertiary/aromatic N) is 3. The number of hydrogen-bond acceptors (Lipinski definition) is 4. The predicted molar refractivity (Wildman–Crippen MR) is 66.4 cm³/mol. The van der Waals surface area contributed by atoms with Gasteiger partial charge in [0.25, 0.3) is 0 Å². The minimum atomic E-state index is -0.308. The Morgan fingerprint density at radius 3 is 3.05 bits per heavy atom. The summed E-state index contributed by atoms with van der Waals surface area (Å²) in [5, 5.41) is 11.8. The van der Waals surface area contributed by atoms with E-state index >= 15 is 0 Å². The van der Waals surface area contributed by atoms with Crippen LogP contribution in [0.3, 0.4) is 0 Å². The number of aromatic nitrogens is 2. The van der Waals surface area contributed by atoms with Gasteiger partial charge < -0.3 is 9.42 Å². The average molecular weight is 260 g/mol. The first kappa shape index (κ1) is 11.8. The number of aryl methyl sites for hydroxylation is 1. The van der Waals surface area contributed by atoms with E-state index in [9.17, 15) is 4.39 Å². The molecule has 2 aromatic rings. The van der Waals surface area contributed by atoms with Crippen LogP contribution in [0.2, 0.25) is 0 Å². The van der Waals surface area contributed by atoms with Gasteiger partial charge in [-0.3, -0.25) is 5.41 Å². The number of fused-ring (bicyclic) bond motifs is 1. The van der Waals surface area contributed by atoms with Crippen molar-refractivity contribution in [1.82, 2.24) is 15.0 Å². The van der Waals surface area contributed by atoms with Gasteiger partial charge in [0.1, 0.15) is 11.7 Å². The Kier molecular flexibility index (Phi) is 2.77. The third-order valence-electron chi connectivity index (χ3n) is 3.17. The summed E-state index contributed by atoms with van der Waals surface area (Å²) in [5.41, 5.74) is 1.65. The lowest BCUT2D eigenvalue weighted by molar-refractivity contribution is 0.349. The van der Waals surface area contributed by atoms with Crippen molar-refractivity contribution in [2.45, 2.75) is 19.9 Å². The molecule has 0 amide bonds. The molecule has 0 saturated carbocycles. The lowest BCUT2D eigenvalue weighted by atomic mass is 10.1. The summed E-state index contributed by atoms with van der Waals surface area (Å²) in [6.07, 6.45) is 0.583. The van der Waals surface area contributed by atoms with Crippen LogP contribution in [-0.2, 0) is 13.0 Å². The Balaban J connectivity index is 1.70. The van der Waals surface area contributed by atoms with Crippen LogP contribution in [-0.4, -0.2) is 27.4 Å². The number of hydrogen-bond donors (Lipinski definition) is 1. The van der Waals surface area contributed by atoms with E-state index in [0.29, 0.717) is 42.6 Å². The molecular weight excluding hydrogens is 247 g/mol. The highest BCUT2D eigenvalue weighted by Gasteiger charge is 2.24. The van der Waals surface area contributed by atoms with Crippen molar-refractivity contribution in [3.63, 3.8) is 0 Å². The Hall–Kier alpha value is -2.24. The minimum Gasteiger partial charge on any atom is -0.352 e. The van der Waals surface area contributed by atoms with Gasteiger partial charge in [0.05, 0.1) is 0 Å². The first-order valence-corrected chi connectivity index (χ1v) is 6.05. The number of benzene rings is 1. The van der Waals surface area contributed by atoms with E-state index in [2.05, 4.69) is 10.1 Å². The van der Waals surface area contributed by atoms with Crippen LogP contribution >= 0.6 is 0 Å². The fourth-order valence-corrected chi connectivity index (χ4v) is 2.23. The van der Waals surface area contributed by atoms with Crippen LogP contribution in [0.5, 0.6) is 0 Å². The van der Waals surface area contributed by atoms with Gasteiger partial charge in [-0.25, -0.2) is 4.39 Å². The van der Waals surface area contributed by atoms with Gasteiger partial charge in [0, 0.05) is 25.1 Å². The highest BCUT2D eigenvalue weighted by molar-refractivity contribution is 6.00. The van der Waals surface area contributed by atoms with E-state index in [1.54, 1.807) is 13.0 Å². The van der Waals surface area contributed by atoms with Crippen molar-refractivity contribution < 1.29 is 8.91 Å². The van der Waals surface area contributed by atoms with Gasteiger partial charge in [-0.1, -0.05) is 11.2 Å². The molecule has 0 aliphatic carbocycles. The van der Waals surface area contributed by atoms with E-state index in [-0.39, 0.29) is 5.82 Å². The molecule has 1 aliphatic heterocycles. The van der Waals surface area contributed by atoms with E-state index in [1.807, 2.05) is 4.90 Å². The zero-order valence-corrected chi connectivity index (χ0v) is 10.5. The molecule has 0 atom stereocenters. The first-order chi connectivity index (χ1) is 9.13. The second-order valence-corrected chi connectivity index (χ2v) is 4.56. The molecule has 19 heavy (non-hydrogen) atoms. The van der Waals surface area contributed by atoms with Gasteiger partial charge in [-0.2, -0.15) is 4.98 Å². The maximum atomic E-state index is 13.2. The van der Waals surface area contributed by atoms with Crippen molar-refractivity contribution in [3.8, 4) is 0 Å². The molecule has 0 spiro atoms. The second kappa shape index (κ2) is 4.46. The standard InChI is InChI=1S/C13H13FN4O/c1-8-16-12(19-17-8)4-5-18-7-9-2-3-10(14)6-11(9)13(18)15/h2-3,6,15H,4-5,7H2,1H3. The van der Waals surface area contributed by atoms with Crippen LogP contribution in [0.25, 0.3) is 0 Å². The third kappa shape index (κ3) is 2.21. The SMILES string of the molecule is Cc1noc(CCN2Cc3ccc(F)cc3C2=N)n1. The molecule has 98 valence electrons. The van der Waals surface area contributed by atoms with Crippen LogP contribution in [0.1, 0.15) is 22.8 Å². The predicted octanol–water partition coefficient (Wildman–Crippen LogP) is 1.90. The molecule has 0 radical (unpaired) electrons. The summed E-state index contributed by atoms with van der Waals surface area (Å²) in [6, 6.07) is 4.57. The van der Waals surface area contributed by atoms with E-state index in [1.165, 1.54) is 12.1 Å². The highest BCUT2D eigenvalue weighted by Crippen LogP contribution is 2.23. The molecule has 1 aromatic carbocycles. The van der Waals surface area contributed by atoms with Crippen LogP contribution in [0, 0.1) is 18.2 Å². The third-order valence-corrected chi connectivity index (χ3v) is 3.17. The molecule has 1 aliphatic rings. The zero-order chi connectivity index (χ0) is 13.4. The van der Waals surface area contributed by atoms with E-state index in [0.717, 1.165) is 5.56 Å². The van der Waals surface area contributed by atoms with Crippen molar-refractivity contribution in [1.29, 1.82) is 5.41 Å². The molecule has 5 nitrogen and oxygen atoms in total. The monoisotopic (exact) mass is 260 g/mol. The summed E-state index contributed by atoms with van der Waals surface area (Å²) in [5.74, 6) is 1.22. The van der Waals surface area contributed by atoms with Crippen LogP contribution < -0.4 is 0 Å². The van der Waals surface area contributed by atoms with Crippen molar-refractivity contribution >= 4 is 5.84 Å². The van der Waals surface area contributed by atoms with Gasteiger partial charge >= 0.3 is 0 Å². The van der Waals surface area contributed by atoms with Gasteiger partial charge in [0.15, 0.2) is 5.82 Å². The molecule has 1 aromatic heterocycles. The number of amidine groups is 1. The summed E-state index contributed by atoms with van der Waals surface area (Å²) < 4.78 is 18.2. The lowest BCUT2D eigenvalue weighted by Gasteiger charge is -2.16. The number of nitrogens with one attached hydrogen (secondary N) is 1. The minimum absolute atomic E-state index is 0.308. The van der Waals surface area contributed by atoms with Crippen molar-refractivity contribution in [2.24, 2.45) is 0 Å². The molecule has 3 rings (SSSR count). The Morgan fingerprint density at radius 2 is 2.32 bits per heavy atom. The molecule has 0 fully saturated rings. The maximum Gasteiger partial charge on any atom is 0.228 e. The molecule has 0 saturated heterocycles. The number of rotatable bonds is 3. The van der Waals surface area contributed by atoms with Crippen molar-refractivity contribution in [3.05, 3.63) is 46.9 Å². The fourth-order valence-electron chi connectivity index (χ4n) is 2.23. The molecule has 1 N–H and O–H groups in total.